The van der Waals surface area contributed by atoms with Crippen molar-refractivity contribution < 1.29 is 17.9 Å². The third-order valence-electron chi connectivity index (χ3n) is 3.91. The number of benzene rings is 2. The minimum absolute atomic E-state index is 0.0256. The molecular formula is C18H18ClN5O4S2. The predicted octanol–water partition coefficient (Wildman–Crippen LogP) is 2.43. The van der Waals surface area contributed by atoms with E-state index in [-0.39, 0.29) is 23.2 Å². The maximum Gasteiger partial charge on any atom is 0.238 e. The van der Waals surface area contributed by atoms with Crippen molar-refractivity contribution in [1.82, 2.24) is 14.8 Å². The number of nitrogens with one attached hydrogen (secondary N) is 1. The Hall–Kier alpha value is -2.60. The maximum atomic E-state index is 12.2. The highest BCUT2D eigenvalue weighted by Crippen LogP contribution is 2.19. The fourth-order valence-corrected chi connectivity index (χ4v) is 3.70. The van der Waals surface area contributed by atoms with Crippen molar-refractivity contribution in [3.8, 4) is 5.75 Å². The van der Waals surface area contributed by atoms with Crippen molar-refractivity contribution in [3.05, 3.63) is 59.4 Å². The lowest BCUT2D eigenvalue weighted by atomic mass is 10.3. The molecule has 0 unspecified atom stereocenters. The number of halogens is 1. The van der Waals surface area contributed by atoms with E-state index >= 15 is 0 Å². The number of rotatable bonds is 8. The minimum Gasteiger partial charge on any atom is -0.486 e. The number of nitrogens with two attached hydrogens (primary N) is 1. The summed E-state index contributed by atoms with van der Waals surface area (Å²) in [4.78, 5) is 12.1. The first-order valence-electron chi connectivity index (χ1n) is 8.54. The molecule has 0 bridgehead atoms. The molecule has 1 amide bonds. The monoisotopic (exact) mass is 467 g/mol. The van der Waals surface area contributed by atoms with Gasteiger partial charge in [0.2, 0.25) is 15.9 Å². The first-order valence-corrected chi connectivity index (χ1v) is 11.5. The number of aromatic nitrogens is 3. The van der Waals surface area contributed by atoms with E-state index in [0.717, 1.165) is 0 Å². The Morgan fingerprint density at radius 2 is 1.83 bits per heavy atom. The molecule has 12 heteroatoms. The maximum absolute atomic E-state index is 12.2. The summed E-state index contributed by atoms with van der Waals surface area (Å²) in [5.41, 5.74) is 0.461. The Morgan fingerprint density at radius 1 is 1.17 bits per heavy atom. The summed E-state index contributed by atoms with van der Waals surface area (Å²) in [5, 5.41) is 17.1. The molecule has 158 valence electrons. The second-order valence-corrected chi connectivity index (χ2v) is 9.05. The third kappa shape index (κ3) is 5.95. The molecule has 0 saturated heterocycles. The van der Waals surface area contributed by atoms with Gasteiger partial charge in [0, 0.05) is 17.8 Å². The van der Waals surface area contributed by atoms with E-state index in [9.17, 15) is 13.2 Å². The van der Waals surface area contributed by atoms with Crippen LogP contribution in [0, 0.1) is 0 Å². The summed E-state index contributed by atoms with van der Waals surface area (Å²) in [7, 11) is -1.99. The van der Waals surface area contributed by atoms with Gasteiger partial charge in [-0.05, 0) is 48.5 Å². The number of primary sulfonamides is 1. The van der Waals surface area contributed by atoms with Crippen molar-refractivity contribution in [1.29, 1.82) is 0 Å². The smallest absolute Gasteiger partial charge is 0.238 e. The molecule has 1 heterocycles. The molecule has 0 radical (unpaired) electrons. The molecule has 30 heavy (non-hydrogen) atoms. The van der Waals surface area contributed by atoms with Crippen LogP contribution in [0.3, 0.4) is 0 Å². The zero-order valence-electron chi connectivity index (χ0n) is 15.8. The summed E-state index contributed by atoms with van der Waals surface area (Å²) in [5.74, 6) is 1.09. The van der Waals surface area contributed by atoms with Gasteiger partial charge >= 0.3 is 0 Å². The van der Waals surface area contributed by atoms with Gasteiger partial charge in [-0.15, -0.1) is 10.2 Å². The Morgan fingerprint density at radius 3 is 2.47 bits per heavy atom. The molecule has 0 aliphatic rings. The highest BCUT2D eigenvalue weighted by Gasteiger charge is 2.13. The van der Waals surface area contributed by atoms with Crippen LogP contribution in [0.15, 0.2) is 58.6 Å². The second-order valence-electron chi connectivity index (χ2n) is 6.11. The molecule has 0 atom stereocenters. The molecule has 0 aliphatic heterocycles. The average molecular weight is 468 g/mol. The lowest BCUT2D eigenvalue weighted by molar-refractivity contribution is -0.113. The fourth-order valence-electron chi connectivity index (χ4n) is 2.33. The van der Waals surface area contributed by atoms with Gasteiger partial charge in [-0.1, -0.05) is 23.4 Å². The van der Waals surface area contributed by atoms with E-state index in [4.69, 9.17) is 21.5 Å². The van der Waals surface area contributed by atoms with E-state index < -0.39 is 10.0 Å². The van der Waals surface area contributed by atoms with E-state index in [0.29, 0.717) is 27.4 Å². The Kier molecular flexibility index (Phi) is 6.98. The van der Waals surface area contributed by atoms with Crippen molar-refractivity contribution in [2.75, 3.05) is 11.1 Å². The number of ether oxygens (including phenoxy) is 1. The molecule has 3 aromatic rings. The van der Waals surface area contributed by atoms with Gasteiger partial charge in [-0.3, -0.25) is 4.79 Å². The molecule has 0 spiro atoms. The number of anilines is 1. The Balaban J connectivity index is 1.52. The van der Waals surface area contributed by atoms with Crippen LogP contribution < -0.4 is 15.2 Å². The summed E-state index contributed by atoms with van der Waals surface area (Å²) < 4.78 is 29.9. The Labute approximate surface area is 182 Å². The largest absolute Gasteiger partial charge is 0.486 e. The molecule has 2 aromatic carbocycles. The number of hydrogen-bond acceptors (Lipinski definition) is 7. The van der Waals surface area contributed by atoms with Crippen molar-refractivity contribution in [2.45, 2.75) is 16.7 Å². The van der Waals surface area contributed by atoms with Crippen LogP contribution in [-0.4, -0.2) is 34.8 Å². The third-order valence-corrected chi connectivity index (χ3v) is 6.11. The summed E-state index contributed by atoms with van der Waals surface area (Å²) in [6, 6.07) is 12.6. The summed E-state index contributed by atoms with van der Waals surface area (Å²) in [6.07, 6.45) is 0. The van der Waals surface area contributed by atoms with Crippen molar-refractivity contribution in [2.24, 2.45) is 12.2 Å². The number of sulfonamides is 1. The van der Waals surface area contributed by atoms with Gasteiger partial charge in [0.1, 0.15) is 12.4 Å². The fraction of sp³-hybridized carbons (Fsp3) is 0.167. The van der Waals surface area contributed by atoms with Crippen LogP contribution in [0.1, 0.15) is 5.82 Å². The second kappa shape index (κ2) is 9.47. The lowest BCUT2D eigenvalue weighted by Crippen LogP contribution is -2.15. The first-order chi connectivity index (χ1) is 14.2. The van der Waals surface area contributed by atoms with Crippen LogP contribution >= 0.6 is 23.4 Å². The van der Waals surface area contributed by atoms with Crippen LogP contribution in [0.25, 0.3) is 0 Å². The molecule has 9 nitrogen and oxygen atoms in total. The van der Waals surface area contributed by atoms with Gasteiger partial charge in [0.05, 0.1) is 10.6 Å². The van der Waals surface area contributed by atoms with Crippen LogP contribution in [0.4, 0.5) is 5.69 Å². The van der Waals surface area contributed by atoms with Crippen molar-refractivity contribution >= 4 is 45.0 Å². The van der Waals surface area contributed by atoms with E-state index in [1.807, 2.05) is 0 Å². The summed E-state index contributed by atoms with van der Waals surface area (Å²) in [6.45, 7) is 0.217. The van der Waals surface area contributed by atoms with Crippen LogP contribution in [0.2, 0.25) is 5.02 Å². The zero-order valence-corrected chi connectivity index (χ0v) is 18.2. The standard InChI is InChI=1S/C18H18ClN5O4S2/c1-24-16(10-28-14-6-2-12(19)3-7-14)22-23-18(24)29-11-17(25)21-13-4-8-15(9-5-13)30(20,26)27/h2-9H,10-11H2,1H3,(H,21,25)(H2,20,26,27). The van der Waals surface area contributed by atoms with E-state index in [2.05, 4.69) is 15.5 Å². The van der Waals surface area contributed by atoms with Gasteiger partial charge in [0.15, 0.2) is 11.0 Å². The van der Waals surface area contributed by atoms with E-state index in [1.54, 1.807) is 35.9 Å². The predicted molar refractivity (Wildman–Crippen MR) is 114 cm³/mol. The Bertz CT molecular complexity index is 1130. The topological polar surface area (TPSA) is 129 Å². The highest BCUT2D eigenvalue weighted by molar-refractivity contribution is 7.99. The highest BCUT2D eigenvalue weighted by atomic mass is 35.5. The SMILES string of the molecule is Cn1c(COc2ccc(Cl)cc2)nnc1SCC(=O)Nc1ccc(S(N)(=O)=O)cc1. The number of amides is 1. The minimum atomic E-state index is -3.77. The molecule has 0 aliphatic carbocycles. The van der Waals surface area contributed by atoms with Gasteiger partial charge in [-0.25, -0.2) is 13.6 Å². The normalized spacial score (nSPS) is 11.3. The van der Waals surface area contributed by atoms with Gasteiger partial charge in [-0.2, -0.15) is 0 Å². The lowest BCUT2D eigenvalue weighted by Gasteiger charge is -2.07. The number of hydrogen-bond donors (Lipinski definition) is 2. The number of carbonyl (C=O) groups is 1. The zero-order chi connectivity index (χ0) is 21.7. The van der Waals surface area contributed by atoms with Crippen LogP contribution in [0.5, 0.6) is 5.75 Å². The van der Waals surface area contributed by atoms with Gasteiger partial charge in [0.25, 0.3) is 0 Å². The molecule has 3 rings (SSSR count). The number of nitrogens with zero attached hydrogens (tertiary/aromatic N) is 3. The quantitative estimate of drug-likeness (QED) is 0.486. The first kappa shape index (κ1) is 22.1. The van der Waals surface area contributed by atoms with Crippen molar-refractivity contribution in [3.63, 3.8) is 0 Å². The number of carbonyl (C=O) groups excluding carboxylic acids is 1. The van der Waals surface area contributed by atoms with Gasteiger partial charge < -0.3 is 14.6 Å². The number of thioether (sulfide) groups is 1. The van der Waals surface area contributed by atoms with Crippen LogP contribution in [-0.2, 0) is 28.5 Å². The summed E-state index contributed by atoms with van der Waals surface area (Å²) >= 11 is 7.06. The van der Waals surface area contributed by atoms with E-state index in [1.165, 1.54) is 36.0 Å². The molecule has 0 saturated carbocycles. The average Bonchev–Trinajstić information content (AvgIpc) is 3.05. The molecule has 3 N–H and O–H groups in total. The molecule has 1 aromatic heterocycles. The molecule has 0 fully saturated rings. The molecular weight excluding hydrogens is 450 g/mol.